The summed E-state index contributed by atoms with van der Waals surface area (Å²) in [5, 5.41) is 29.3. The zero-order valence-corrected chi connectivity index (χ0v) is 12.6. The molecule has 0 spiro atoms. The molecule has 0 unspecified atom stereocenters. The molecule has 1 aromatic carbocycles. The van der Waals surface area contributed by atoms with Crippen molar-refractivity contribution < 1.29 is 4.92 Å². The first-order chi connectivity index (χ1) is 11.2. The van der Waals surface area contributed by atoms with Gasteiger partial charge in [0.2, 0.25) is 5.82 Å². The summed E-state index contributed by atoms with van der Waals surface area (Å²) in [4.78, 5) is 20.8. The highest BCUT2D eigenvalue weighted by molar-refractivity contribution is 7.99. The molecule has 0 aliphatic carbocycles. The largest absolute Gasteiger partial charge is 0.343 e. The third-order valence-electron chi connectivity index (χ3n) is 2.73. The molecule has 8 nitrogen and oxygen atoms in total. The molecule has 1 aromatic heterocycles. The second-order valence-electron chi connectivity index (χ2n) is 4.20. The van der Waals surface area contributed by atoms with Crippen LogP contribution in [0.3, 0.4) is 0 Å². The van der Waals surface area contributed by atoms with Crippen LogP contribution in [0.1, 0.15) is 0 Å². The van der Waals surface area contributed by atoms with Gasteiger partial charge in [0, 0.05) is 4.90 Å². The summed E-state index contributed by atoms with van der Waals surface area (Å²) in [6.07, 6.45) is 1.19. The van der Waals surface area contributed by atoms with Gasteiger partial charge in [-0.3, -0.25) is 10.1 Å². The zero-order valence-electron chi connectivity index (χ0n) is 11.8. The molecule has 0 aliphatic rings. The van der Waals surface area contributed by atoms with E-state index >= 15 is 0 Å². The van der Waals surface area contributed by atoms with Crippen LogP contribution in [0.15, 0.2) is 46.6 Å². The highest BCUT2D eigenvalue weighted by atomic mass is 32.2. The fourth-order valence-electron chi connectivity index (χ4n) is 1.80. The van der Waals surface area contributed by atoms with E-state index in [1.165, 1.54) is 11.2 Å². The van der Waals surface area contributed by atoms with E-state index in [4.69, 9.17) is 10.5 Å². The van der Waals surface area contributed by atoms with Crippen LogP contribution in [0, 0.1) is 32.8 Å². The topological polar surface area (TPSA) is 120 Å². The van der Waals surface area contributed by atoms with E-state index in [0.29, 0.717) is 0 Å². The lowest BCUT2D eigenvalue weighted by atomic mass is 10.4. The highest BCUT2D eigenvalue weighted by Crippen LogP contribution is 2.37. The average molecular weight is 326 g/mol. The van der Waals surface area contributed by atoms with Gasteiger partial charge in [-0.05, 0) is 12.1 Å². The monoisotopic (exact) mass is 326 g/mol. The van der Waals surface area contributed by atoms with Crippen molar-refractivity contribution in [2.24, 2.45) is 0 Å². The minimum absolute atomic E-state index is 0.0356. The van der Waals surface area contributed by atoms with Gasteiger partial charge in [-0.15, -0.1) is 0 Å². The standard InChI is InChI=1S/C14H10N6O2S/c15-6-8-19(9-7-16)13-12(20(21)22)14(18-10-17-13)23-11-4-2-1-3-5-11/h1-5,10H,8-9H2. The summed E-state index contributed by atoms with van der Waals surface area (Å²) < 4.78 is 0. The lowest BCUT2D eigenvalue weighted by Crippen LogP contribution is -2.26. The van der Waals surface area contributed by atoms with Crippen LogP contribution in [0.2, 0.25) is 0 Å². The fraction of sp³-hybridized carbons (Fsp3) is 0.143. The molecule has 114 valence electrons. The molecule has 0 bridgehead atoms. The van der Waals surface area contributed by atoms with E-state index in [2.05, 4.69) is 9.97 Å². The summed E-state index contributed by atoms with van der Waals surface area (Å²) in [5.74, 6) is -0.0356. The molecule has 2 rings (SSSR count). The number of aromatic nitrogens is 2. The predicted octanol–water partition coefficient (Wildman–Crippen LogP) is 2.39. The molecule has 23 heavy (non-hydrogen) atoms. The van der Waals surface area contributed by atoms with E-state index in [9.17, 15) is 10.1 Å². The fourth-order valence-corrected chi connectivity index (χ4v) is 2.68. The molecule has 0 atom stereocenters. The SMILES string of the molecule is N#CCN(CC#N)c1ncnc(Sc2ccccc2)c1[N+](=O)[O-]. The van der Waals surface area contributed by atoms with Crippen LogP contribution in [-0.2, 0) is 0 Å². The molecule has 0 aliphatic heterocycles. The number of nitro groups is 1. The second-order valence-corrected chi connectivity index (χ2v) is 5.26. The van der Waals surface area contributed by atoms with Crippen molar-refractivity contribution in [2.45, 2.75) is 9.92 Å². The van der Waals surface area contributed by atoms with Crippen LogP contribution in [0.25, 0.3) is 0 Å². The number of benzene rings is 1. The van der Waals surface area contributed by atoms with Gasteiger partial charge in [0.15, 0.2) is 5.03 Å². The lowest BCUT2D eigenvalue weighted by Gasteiger charge is -2.17. The van der Waals surface area contributed by atoms with E-state index in [1.807, 2.05) is 30.3 Å². The van der Waals surface area contributed by atoms with Crippen LogP contribution < -0.4 is 4.90 Å². The molecule has 0 amide bonds. The van der Waals surface area contributed by atoms with Gasteiger partial charge in [-0.1, -0.05) is 30.0 Å². The van der Waals surface area contributed by atoms with Gasteiger partial charge in [0.1, 0.15) is 19.4 Å². The Hall–Kier alpha value is -3.17. The maximum atomic E-state index is 11.5. The third kappa shape index (κ3) is 3.93. The summed E-state index contributed by atoms with van der Waals surface area (Å²) in [5.41, 5.74) is -0.313. The Morgan fingerprint density at radius 3 is 2.39 bits per heavy atom. The van der Waals surface area contributed by atoms with Crippen molar-refractivity contribution in [2.75, 3.05) is 18.0 Å². The Labute approximate surface area is 136 Å². The first kappa shape index (κ1) is 16.2. The molecule has 9 heteroatoms. The van der Waals surface area contributed by atoms with Crippen molar-refractivity contribution >= 4 is 23.3 Å². The average Bonchev–Trinajstić information content (AvgIpc) is 2.55. The first-order valence-electron chi connectivity index (χ1n) is 6.38. The summed E-state index contributed by atoms with van der Waals surface area (Å²) in [6.45, 7) is -0.359. The minimum Gasteiger partial charge on any atom is -0.324 e. The zero-order chi connectivity index (χ0) is 16.7. The van der Waals surface area contributed by atoms with Gasteiger partial charge in [0.05, 0.1) is 17.1 Å². The summed E-state index contributed by atoms with van der Waals surface area (Å²) >= 11 is 1.13. The first-order valence-corrected chi connectivity index (χ1v) is 7.20. The van der Waals surface area contributed by atoms with Crippen molar-refractivity contribution in [1.82, 2.24) is 9.97 Å². The molecular weight excluding hydrogens is 316 g/mol. The molecule has 0 radical (unpaired) electrons. The van der Waals surface area contributed by atoms with Gasteiger partial charge in [-0.2, -0.15) is 10.5 Å². The van der Waals surface area contributed by atoms with Crippen molar-refractivity contribution in [3.63, 3.8) is 0 Å². The molecular formula is C14H10N6O2S. The molecule has 1 heterocycles. The number of rotatable bonds is 6. The molecule has 0 saturated heterocycles. The number of hydrogen-bond donors (Lipinski definition) is 0. The third-order valence-corrected chi connectivity index (χ3v) is 3.73. The summed E-state index contributed by atoms with van der Waals surface area (Å²) in [7, 11) is 0. The van der Waals surface area contributed by atoms with E-state index in [0.717, 1.165) is 16.7 Å². The Balaban J connectivity index is 2.48. The lowest BCUT2D eigenvalue weighted by molar-refractivity contribution is -0.387. The Morgan fingerprint density at radius 2 is 1.83 bits per heavy atom. The van der Waals surface area contributed by atoms with Crippen LogP contribution in [0.4, 0.5) is 11.5 Å². The maximum Gasteiger partial charge on any atom is 0.343 e. The molecule has 0 N–H and O–H groups in total. The highest BCUT2D eigenvalue weighted by Gasteiger charge is 2.27. The van der Waals surface area contributed by atoms with Crippen LogP contribution >= 0.6 is 11.8 Å². The maximum absolute atomic E-state index is 11.5. The predicted molar refractivity (Wildman–Crippen MR) is 82.7 cm³/mol. The van der Waals surface area contributed by atoms with Gasteiger partial charge in [0.25, 0.3) is 0 Å². The van der Waals surface area contributed by atoms with Crippen LogP contribution in [0.5, 0.6) is 0 Å². The van der Waals surface area contributed by atoms with Crippen LogP contribution in [-0.4, -0.2) is 28.0 Å². The van der Waals surface area contributed by atoms with Crippen molar-refractivity contribution in [3.05, 3.63) is 46.8 Å². The quantitative estimate of drug-likeness (QED) is 0.343. The van der Waals surface area contributed by atoms with E-state index in [-0.39, 0.29) is 29.6 Å². The Bertz CT molecular complexity index is 768. The molecule has 0 saturated carbocycles. The number of nitrogens with zero attached hydrogens (tertiary/aromatic N) is 6. The van der Waals surface area contributed by atoms with Crippen molar-refractivity contribution in [1.29, 1.82) is 10.5 Å². The molecule has 2 aromatic rings. The Morgan fingerprint density at radius 1 is 1.17 bits per heavy atom. The van der Waals surface area contributed by atoms with Gasteiger partial charge in [-0.25, -0.2) is 9.97 Å². The van der Waals surface area contributed by atoms with Crippen molar-refractivity contribution in [3.8, 4) is 12.1 Å². The normalized spacial score (nSPS) is 9.65. The number of nitriles is 2. The summed E-state index contributed by atoms with van der Waals surface area (Å²) in [6, 6.07) is 12.8. The van der Waals surface area contributed by atoms with Gasteiger partial charge >= 0.3 is 5.69 Å². The van der Waals surface area contributed by atoms with E-state index in [1.54, 1.807) is 12.1 Å². The van der Waals surface area contributed by atoms with E-state index < -0.39 is 4.92 Å². The minimum atomic E-state index is -0.595. The number of hydrogen-bond acceptors (Lipinski definition) is 8. The van der Waals surface area contributed by atoms with Gasteiger partial charge < -0.3 is 4.90 Å². The number of anilines is 1. The second kappa shape index (κ2) is 7.73. The smallest absolute Gasteiger partial charge is 0.324 e. The molecule has 0 fully saturated rings. The Kier molecular flexibility index (Phi) is 5.45.